The second-order valence-corrected chi connectivity index (χ2v) is 7.14. The maximum absolute atomic E-state index is 4.92. The summed E-state index contributed by atoms with van der Waals surface area (Å²) in [5.74, 6) is 1.04. The number of hydrogen-bond donors (Lipinski definition) is 0. The van der Waals surface area contributed by atoms with Gasteiger partial charge < -0.3 is 4.90 Å². The van der Waals surface area contributed by atoms with E-state index in [0.717, 1.165) is 22.8 Å². The van der Waals surface area contributed by atoms with E-state index in [1.54, 1.807) is 0 Å². The predicted molar refractivity (Wildman–Crippen MR) is 108 cm³/mol. The molecule has 126 valence electrons. The molecule has 3 rings (SSSR count). The minimum atomic E-state index is 0. The lowest BCUT2D eigenvalue weighted by atomic mass is 10.0. The van der Waals surface area contributed by atoms with Crippen LogP contribution in [-0.2, 0) is 0 Å². The van der Waals surface area contributed by atoms with Gasteiger partial charge in [-0.3, -0.25) is 0 Å². The van der Waals surface area contributed by atoms with Crippen LogP contribution in [-0.4, -0.2) is 36.3 Å². The van der Waals surface area contributed by atoms with Crippen molar-refractivity contribution < 1.29 is 0 Å². The van der Waals surface area contributed by atoms with Crippen LogP contribution in [0, 0.1) is 6.92 Å². The summed E-state index contributed by atoms with van der Waals surface area (Å²) >= 11 is 1.84. The van der Waals surface area contributed by atoms with Crippen LogP contribution in [0.5, 0.6) is 0 Å². The summed E-state index contributed by atoms with van der Waals surface area (Å²) in [4.78, 5) is 7.13. The van der Waals surface area contributed by atoms with E-state index in [-0.39, 0.29) is 12.4 Å². The van der Waals surface area contributed by atoms with E-state index in [1.807, 2.05) is 11.8 Å². The first-order chi connectivity index (χ1) is 11.1. The van der Waals surface area contributed by atoms with Crippen LogP contribution in [0.15, 0.2) is 59.6 Å². The van der Waals surface area contributed by atoms with Crippen molar-refractivity contribution in [1.29, 1.82) is 0 Å². The van der Waals surface area contributed by atoms with Crippen molar-refractivity contribution in [2.24, 2.45) is 0 Å². The molecule has 1 aromatic heterocycles. The molecule has 0 spiro atoms. The zero-order valence-electron chi connectivity index (χ0n) is 14.3. The molecular weight excluding hydrogens is 336 g/mol. The van der Waals surface area contributed by atoms with E-state index >= 15 is 0 Å². The number of aryl methyl sites for hydroxylation is 1. The normalized spacial score (nSPS) is 10.8. The number of hydrogen-bond acceptors (Lipinski definition) is 3. The third kappa shape index (κ3) is 4.50. The highest BCUT2D eigenvalue weighted by molar-refractivity contribution is 7.99. The van der Waals surface area contributed by atoms with Gasteiger partial charge in [-0.15, -0.1) is 24.2 Å². The van der Waals surface area contributed by atoms with E-state index in [0.29, 0.717) is 0 Å². The molecule has 0 atom stereocenters. The van der Waals surface area contributed by atoms with Crippen molar-refractivity contribution in [3.8, 4) is 11.1 Å². The summed E-state index contributed by atoms with van der Waals surface area (Å²) in [5.41, 5.74) is 4.82. The topological polar surface area (TPSA) is 16.1 Å². The number of para-hydroxylation sites is 1. The van der Waals surface area contributed by atoms with Crippen molar-refractivity contribution in [2.75, 3.05) is 26.4 Å². The number of rotatable bonds is 5. The van der Waals surface area contributed by atoms with Gasteiger partial charge in [-0.2, -0.15) is 0 Å². The summed E-state index contributed by atoms with van der Waals surface area (Å²) in [6.07, 6.45) is 0. The van der Waals surface area contributed by atoms with Gasteiger partial charge in [0.1, 0.15) is 5.03 Å². The molecule has 0 bridgehead atoms. The second-order valence-electron chi connectivity index (χ2n) is 6.06. The second kappa shape index (κ2) is 8.52. The van der Waals surface area contributed by atoms with Gasteiger partial charge in [0.15, 0.2) is 0 Å². The predicted octanol–water partition coefficient (Wildman–Crippen LogP) is 5.29. The van der Waals surface area contributed by atoms with Crippen molar-refractivity contribution in [1.82, 2.24) is 9.88 Å². The van der Waals surface area contributed by atoms with Gasteiger partial charge in [0.2, 0.25) is 0 Å². The van der Waals surface area contributed by atoms with Crippen LogP contribution >= 0.6 is 24.2 Å². The maximum Gasteiger partial charge on any atom is 0.105 e. The number of aromatic nitrogens is 1. The van der Waals surface area contributed by atoms with E-state index in [1.165, 1.54) is 22.1 Å². The van der Waals surface area contributed by atoms with E-state index < -0.39 is 0 Å². The highest BCUT2D eigenvalue weighted by Crippen LogP contribution is 2.33. The molecule has 0 fully saturated rings. The highest BCUT2D eigenvalue weighted by Gasteiger charge is 2.10. The Morgan fingerprint density at radius 2 is 1.79 bits per heavy atom. The van der Waals surface area contributed by atoms with Crippen LogP contribution in [0.3, 0.4) is 0 Å². The molecule has 0 saturated heterocycles. The Kier molecular flexibility index (Phi) is 6.67. The number of pyridine rings is 1. The quantitative estimate of drug-likeness (QED) is 0.577. The Labute approximate surface area is 154 Å². The lowest BCUT2D eigenvalue weighted by Crippen LogP contribution is -2.14. The van der Waals surface area contributed by atoms with Gasteiger partial charge in [0.05, 0.1) is 5.52 Å². The lowest BCUT2D eigenvalue weighted by molar-refractivity contribution is 0.437. The molecule has 0 N–H and O–H groups in total. The van der Waals surface area contributed by atoms with Crippen LogP contribution < -0.4 is 0 Å². The first kappa shape index (κ1) is 18.8. The average molecular weight is 359 g/mol. The molecule has 0 aliphatic carbocycles. The van der Waals surface area contributed by atoms with Crippen molar-refractivity contribution >= 4 is 35.1 Å². The fourth-order valence-corrected chi connectivity index (χ4v) is 3.70. The Balaban J connectivity index is 0.00000208. The van der Waals surface area contributed by atoms with Crippen molar-refractivity contribution in [3.63, 3.8) is 0 Å². The van der Waals surface area contributed by atoms with Gasteiger partial charge in [0, 0.05) is 23.2 Å². The van der Waals surface area contributed by atoms with E-state index in [2.05, 4.69) is 80.5 Å². The molecule has 1 heterocycles. The molecule has 0 aliphatic rings. The molecule has 0 amide bonds. The summed E-state index contributed by atoms with van der Waals surface area (Å²) in [7, 11) is 4.21. The SMILES string of the molecule is Cc1cccc(-c2cc3ccccc3nc2SCCN(C)C)c1.Cl. The third-order valence-electron chi connectivity index (χ3n) is 3.80. The average Bonchev–Trinajstić information content (AvgIpc) is 2.54. The summed E-state index contributed by atoms with van der Waals surface area (Å²) < 4.78 is 0. The van der Waals surface area contributed by atoms with Gasteiger partial charge >= 0.3 is 0 Å². The molecular formula is C20H23ClN2S. The fraction of sp³-hybridized carbons (Fsp3) is 0.250. The fourth-order valence-electron chi connectivity index (χ4n) is 2.55. The van der Waals surface area contributed by atoms with Gasteiger partial charge in [-0.05, 0) is 38.7 Å². The number of fused-ring (bicyclic) bond motifs is 1. The van der Waals surface area contributed by atoms with Gasteiger partial charge in [-0.1, -0.05) is 48.0 Å². The first-order valence-electron chi connectivity index (χ1n) is 7.88. The van der Waals surface area contributed by atoms with Gasteiger partial charge in [-0.25, -0.2) is 4.98 Å². The minimum Gasteiger partial charge on any atom is -0.309 e. The highest BCUT2D eigenvalue weighted by atomic mass is 35.5. The Hall–Kier alpha value is -1.55. The molecule has 2 aromatic carbocycles. The zero-order chi connectivity index (χ0) is 16.2. The number of nitrogens with zero attached hydrogens (tertiary/aromatic N) is 2. The van der Waals surface area contributed by atoms with Crippen LogP contribution in [0.2, 0.25) is 0 Å². The van der Waals surface area contributed by atoms with E-state index in [4.69, 9.17) is 4.98 Å². The molecule has 4 heteroatoms. The number of halogens is 1. The summed E-state index contributed by atoms with van der Waals surface area (Å²) in [5, 5.41) is 2.32. The monoisotopic (exact) mass is 358 g/mol. The zero-order valence-corrected chi connectivity index (χ0v) is 16.0. The molecule has 0 unspecified atom stereocenters. The lowest BCUT2D eigenvalue weighted by Gasteiger charge is -2.13. The maximum atomic E-state index is 4.92. The largest absolute Gasteiger partial charge is 0.309 e. The van der Waals surface area contributed by atoms with Crippen LogP contribution in [0.4, 0.5) is 0 Å². The molecule has 0 radical (unpaired) electrons. The molecule has 0 saturated carbocycles. The molecule has 3 aromatic rings. The summed E-state index contributed by atoms with van der Waals surface area (Å²) in [6.45, 7) is 3.18. The van der Waals surface area contributed by atoms with E-state index in [9.17, 15) is 0 Å². The van der Waals surface area contributed by atoms with Crippen LogP contribution in [0.1, 0.15) is 5.56 Å². The van der Waals surface area contributed by atoms with Crippen LogP contribution in [0.25, 0.3) is 22.0 Å². The molecule has 0 aliphatic heterocycles. The smallest absolute Gasteiger partial charge is 0.105 e. The minimum absolute atomic E-state index is 0. The van der Waals surface area contributed by atoms with Crippen molar-refractivity contribution in [2.45, 2.75) is 11.9 Å². The number of benzene rings is 2. The van der Waals surface area contributed by atoms with Crippen molar-refractivity contribution in [3.05, 3.63) is 60.2 Å². The molecule has 24 heavy (non-hydrogen) atoms. The van der Waals surface area contributed by atoms with Gasteiger partial charge in [0.25, 0.3) is 0 Å². The third-order valence-corrected chi connectivity index (χ3v) is 4.77. The molecule has 2 nitrogen and oxygen atoms in total. The Morgan fingerprint density at radius 3 is 2.54 bits per heavy atom. The standard InChI is InChI=1S/C20H22N2S.ClH/c1-15-7-6-9-16(13-15)18-14-17-8-4-5-10-19(17)21-20(18)23-12-11-22(2)3;/h4-10,13-14H,11-12H2,1-3H3;1H. The first-order valence-corrected chi connectivity index (χ1v) is 8.86. The summed E-state index contributed by atoms with van der Waals surface area (Å²) in [6, 6.07) is 19.3. The Bertz CT molecular complexity index is 818. The Morgan fingerprint density at radius 1 is 1.00 bits per heavy atom. The number of thioether (sulfide) groups is 1.